The molecule has 1 heterocycles. The summed E-state index contributed by atoms with van der Waals surface area (Å²) in [5.74, 6) is 5.56. The Bertz CT molecular complexity index is 156. The molecular formula is C7H12N2O. The fraction of sp³-hybridized carbons (Fsp3) is 0.571. The molecule has 1 unspecified atom stereocenters. The van der Waals surface area contributed by atoms with Crippen molar-refractivity contribution in [3.63, 3.8) is 0 Å². The molecule has 1 rings (SSSR count). The zero-order chi connectivity index (χ0) is 7.56. The van der Waals surface area contributed by atoms with Crippen LogP contribution >= 0.6 is 0 Å². The zero-order valence-corrected chi connectivity index (χ0v) is 5.92. The fourth-order valence-electron chi connectivity index (χ4n) is 1.23. The fourth-order valence-corrected chi connectivity index (χ4v) is 1.23. The Balaban J connectivity index is 2.54. The monoisotopic (exact) mass is 140 g/mol. The molecule has 0 spiro atoms. The minimum absolute atomic E-state index is 0.0417. The normalized spacial score (nSPS) is 26.7. The summed E-state index contributed by atoms with van der Waals surface area (Å²) < 4.78 is 0. The van der Waals surface area contributed by atoms with Gasteiger partial charge in [0.05, 0.1) is 6.04 Å². The van der Waals surface area contributed by atoms with Gasteiger partial charge in [-0.15, -0.1) is 0 Å². The van der Waals surface area contributed by atoms with Crippen LogP contribution in [-0.2, 0) is 4.79 Å². The molecule has 1 aliphatic rings. The molecule has 1 atom stereocenters. The maximum atomic E-state index is 11.0. The Hall–Kier alpha value is -0.670. The minimum Gasteiger partial charge on any atom is -0.293 e. The van der Waals surface area contributed by atoms with Crippen LogP contribution in [0.15, 0.2) is 12.7 Å². The van der Waals surface area contributed by atoms with E-state index in [1.54, 1.807) is 5.01 Å². The van der Waals surface area contributed by atoms with Crippen LogP contribution in [0.2, 0.25) is 0 Å². The van der Waals surface area contributed by atoms with Gasteiger partial charge in [-0.3, -0.25) is 10.6 Å². The standard InChI is InChI=1S/C7H12N2O/c1-2-7(10)6-4-3-5-9(6)8/h2,6H,1,3-5,8H2. The summed E-state index contributed by atoms with van der Waals surface area (Å²) in [7, 11) is 0. The van der Waals surface area contributed by atoms with Crippen LogP contribution in [0.3, 0.4) is 0 Å². The van der Waals surface area contributed by atoms with E-state index < -0.39 is 0 Å². The molecule has 0 aromatic heterocycles. The van der Waals surface area contributed by atoms with Crippen molar-refractivity contribution in [3.8, 4) is 0 Å². The second-order valence-corrected chi connectivity index (χ2v) is 2.50. The average molecular weight is 140 g/mol. The van der Waals surface area contributed by atoms with Crippen LogP contribution in [0.25, 0.3) is 0 Å². The summed E-state index contributed by atoms with van der Waals surface area (Å²) in [6.45, 7) is 4.23. The number of ketones is 1. The van der Waals surface area contributed by atoms with Gasteiger partial charge < -0.3 is 0 Å². The lowest BCUT2D eigenvalue weighted by atomic mass is 10.1. The quantitative estimate of drug-likeness (QED) is 0.436. The van der Waals surface area contributed by atoms with Gasteiger partial charge in [0.25, 0.3) is 0 Å². The lowest BCUT2D eigenvalue weighted by molar-refractivity contribution is -0.118. The molecule has 56 valence electrons. The first-order chi connectivity index (χ1) is 4.75. The Kier molecular flexibility index (Phi) is 2.19. The molecule has 2 N–H and O–H groups in total. The highest BCUT2D eigenvalue weighted by atomic mass is 16.1. The predicted octanol–water partition coefficient (Wildman–Crippen LogP) is 0.0796. The van der Waals surface area contributed by atoms with E-state index in [-0.39, 0.29) is 11.8 Å². The van der Waals surface area contributed by atoms with Crippen molar-refractivity contribution in [1.29, 1.82) is 0 Å². The van der Waals surface area contributed by atoms with Gasteiger partial charge in [0.1, 0.15) is 0 Å². The maximum absolute atomic E-state index is 11.0. The molecule has 1 fully saturated rings. The smallest absolute Gasteiger partial charge is 0.173 e. The van der Waals surface area contributed by atoms with Crippen LogP contribution in [0, 0.1) is 0 Å². The number of nitrogens with zero attached hydrogens (tertiary/aromatic N) is 1. The van der Waals surface area contributed by atoms with Crippen LogP contribution < -0.4 is 5.84 Å². The average Bonchev–Trinajstić information content (AvgIpc) is 2.34. The van der Waals surface area contributed by atoms with E-state index in [1.165, 1.54) is 6.08 Å². The minimum atomic E-state index is -0.0995. The molecule has 0 radical (unpaired) electrons. The Morgan fingerprint density at radius 3 is 2.90 bits per heavy atom. The van der Waals surface area contributed by atoms with E-state index in [9.17, 15) is 4.79 Å². The lowest BCUT2D eigenvalue weighted by Crippen LogP contribution is -2.40. The van der Waals surface area contributed by atoms with Crippen molar-refractivity contribution in [1.82, 2.24) is 5.01 Å². The predicted molar refractivity (Wildman–Crippen MR) is 39.1 cm³/mol. The number of carbonyl (C=O) groups is 1. The highest BCUT2D eigenvalue weighted by molar-refractivity contribution is 5.93. The Morgan fingerprint density at radius 2 is 2.50 bits per heavy atom. The van der Waals surface area contributed by atoms with Crippen molar-refractivity contribution >= 4 is 5.78 Å². The lowest BCUT2D eigenvalue weighted by Gasteiger charge is -2.14. The van der Waals surface area contributed by atoms with Gasteiger partial charge in [-0.1, -0.05) is 6.58 Å². The third-order valence-corrected chi connectivity index (χ3v) is 1.82. The van der Waals surface area contributed by atoms with Gasteiger partial charge in [0.2, 0.25) is 0 Å². The molecule has 0 aromatic rings. The van der Waals surface area contributed by atoms with E-state index in [0.29, 0.717) is 0 Å². The summed E-state index contributed by atoms with van der Waals surface area (Å²) >= 11 is 0. The topological polar surface area (TPSA) is 46.3 Å². The highest BCUT2D eigenvalue weighted by Crippen LogP contribution is 2.13. The first kappa shape index (κ1) is 7.44. The van der Waals surface area contributed by atoms with E-state index in [0.717, 1.165) is 19.4 Å². The molecule has 0 amide bonds. The van der Waals surface area contributed by atoms with Gasteiger partial charge in [0, 0.05) is 6.54 Å². The van der Waals surface area contributed by atoms with Gasteiger partial charge in [-0.05, 0) is 18.9 Å². The summed E-state index contributed by atoms with van der Waals surface area (Å²) in [5, 5.41) is 1.59. The number of hydrogen-bond acceptors (Lipinski definition) is 3. The molecule has 0 aromatic carbocycles. The van der Waals surface area contributed by atoms with Crippen LogP contribution in [-0.4, -0.2) is 23.4 Å². The van der Waals surface area contributed by atoms with Gasteiger partial charge in [-0.25, -0.2) is 5.01 Å². The van der Waals surface area contributed by atoms with E-state index in [4.69, 9.17) is 5.84 Å². The van der Waals surface area contributed by atoms with Crippen molar-refractivity contribution in [3.05, 3.63) is 12.7 Å². The summed E-state index contributed by atoms with van der Waals surface area (Å²) in [5.41, 5.74) is 0. The third-order valence-electron chi connectivity index (χ3n) is 1.82. The van der Waals surface area contributed by atoms with E-state index in [1.807, 2.05) is 0 Å². The van der Waals surface area contributed by atoms with Crippen LogP contribution in [0.4, 0.5) is 0 Å². The van der Waals surface area contributed by atoms with Crippen molar-refractivity contribution in [2.45, 2.75) is 18.9 Å². The zero-order valence-electron chi connectivity index (χ0n) is 5.92. The van der Waals surface area contributed by atoms with Crippen LogP contribution in [0.5, 0.6) is 0 Å². The Morgan fingerprint density at radius 1 is 1.80 bits per heavy atom. The Labute approximate surface area is 60.5 Å². The molecule has 3 heteroatoms. The number of hydrogen-bond donors (Lipinski definition) is 1. The first-order valence-electron chi connectivity index (χ1n) is 3.43. The molecule has 3 nitrogen and oxygen atoms in total. The number of hydrazine groups is 1. The SMILES string of the molecule is C=CC(=O)C1CCCN1N. The first-order valence-corrected chi connectivity index (χ1v) is 3.43. The van der Waals surface area contributed by atoms with Gasteiger partial charge >= 0.3 is 0 Å². The van der Waals surface area contributed by atoms with Crippen molar-refractivity contribution < 1.29 is 4.79 Å². The summed E-state index contributed by atoms with van der Waals surface area (Å²) in [6.07, 6.45) is 3.23. The van der Waals surface area contributed by atoms with E-state index in [2.05, 4.69) is 6.58 Å². The third kappa shape index (κ3) is 1.25. The molecule has 1 saturated heterocycles. The second-order valence-electron chi connectivity index (χ2n) is 2.50. The molecule has 10 heavy (non-hydrogen) atoms. The molecular weight excluding hydrogens is 128 g/mol. The summed E-state index contributed by atoms with van der Waals surface area (Å²) in [6, 6.07) is -0.0995. The number of nitrogens with two attached hydrogens (primary N) is 1. The molecule has 1 aliphatic heterocycles. The number of carbonyl (C=O) groups excluding carboxylic acids is 1. The molecule has 0 saturated carbocycles. The highest BCUT2D eigenvalue weighted by Gasteiger charge is 2.25. The largest absolute Gasteiger partial charge is 0.293 e. The van der Waals surface area contributed by atoms with E-state index >= 15 is 0 Å². The van der Waals surface area contributed by atoms with Gasteiger partial charge in [0.15, 0.2) is 5.78 Å². The van der Waals surface area contributed by atoms with Gasteiger partial charge in [-0.2, -0.15) is 0 Å². The maximum Gasteiger partial charge on any atom is 0.173 e. The molecule has 0 bridgehead atoms. The second kappa shape index (κ2) is 2.94. The summed E-state index contributed by atoms with van der Waals surface area (Å²) in [4.78, 5) is 11.0. The molecule has 0 aliphatic carbocycles. The van der Waals surface area contributed by atoms with Crippen molar-refractivity contribution in [2.75, 3.05) is 6.54 Å². The van der Waals surface area contributed by atoms with Crippen LogP contribution in [0.1, 0.15) is 12.8 Å². The number of rotatable bonds is 2. The van der Waals surface area contributed by atoms with Crippen molar-refractivity contribution in [2.24, 2.45) is 5.84 Å².